The summed E-state index contributed by atoms with van der Waals surface area (Å²) in [5, 5.41) is 12.4. The number of amides is 1. The smallest absolute Gasteiger partial charge is 0.234 e. The van der Waals surface area contributed by atoms with Crippen molar-refractivity contribution < 1.29 is 9.90 Å². The molecular weight excluding hydrogens is 204 g/mol. The lowest BCUT2D eigenvalue weighted by molar-refractivity contribution is -0.124. The Kier molecular flexibility index (Phi) is 4.74. The largest absolute Gasteiger partial charge is 0.393 e. The molecule has 1 rings (SSSR count). The molecule has 1 saturated heterocycles. The molecule has 0 aliphatic carbocycles. The van der Waals surface area contributed by atoms with Gasteiger partial charge in [0.15, 0.2) is 0 Å². The molecule has 1 fully saturated rings. The first-order valence-electron chi connectivity index (χ1n) is 6.14. The van der Waals surface area contributed by atoms with Gasteiger partial charge in [-0.15, -0.1) is 0 Å². The maximum absolute atomic E-state index is 11.8. The molecule has 1 aliphatic rings. The highest BCUT2D eigenvalue weighted by molar-refractivity contribution is 5.78. The second-order valence-corrected chi connectivity index (χ2v) is 5.29. The van der Waals surface area contributed by atoms with Crippen LogP contribution in [-0.2, 0) is 4.79 Å². The summed E-state index contributed by atoms with van der Waals surface area (Å²) in [7, 11) is 0. The zero-order chi connectivity index (χ0) is 12.2. The Morgan fingerprint density at radius 1 is 1.44 bits per heavy atom. The summed E-state index contributed by atoms with van der Waals surface area (Å²) in [6.07, 6.45) is 2.32. The van der Waals surface area contributed by atoms with Crippen molar-refractivity contribution in [2.75, 3.05) is 19.6 Å². The quantitative estimate of drug-likeness (QED) is 0.746. The molecule has 0 aromatic rings. The first kappa shape index (κ1) is 13.5. The van der Waals surface area contributed by atoms with E-state index in [1.54, 1.807) is 0 Å². The van der Waals surface area contributed by atoms with Crippen LogP contribution < -0.4 is 5.32 Å². The van der Waals surface area contributed by atoms with Gasteiger partial charge in [-0.25, -0.2) is 0 Å². The van der Waals surface area contributed by atoms with Gasteiger partial charge < -0.3 is 10.4 Å². The van der Waals surface area contributed by atoms with Crippen molar-refractivity contribution in [3.63, 3.8) is 0 Å². The molecule has 0 atom stereocenters. The molecule has 1 heterocycles. The summed E-state index contributed by atoms with van der Waals surface area (Å²) in [4.78, 5) is 13.9. The van der Waals surface area contributed by atoms with Gasteiger partial charge in [0.25, 0.3) is 0 Å². The van der Waals surface area contributed by atoms with Crippen molar-refractivity contribution in [1.82, 2.24) is 10.2 Å². The molecule has 4 nitrogen and oxygen atoms in total. The minimum atomic E-state index is -0.175. The van der Waals surface area contributed by atoms with Gasteiger partial charge in [-0.1, -0.05) is 6.92 Å². The van der Waals surface area contributed by atoms with Gasteiger partial charge in [0.1, 0.15) is 0 Å². The van der Waals surface area contributed by atoms with Crippen molar-refractivity contribution in [3.8, 4) is 0 Å². The first-order chi connectivity index (χ1) is 7.43. The van der Waals surface area contributed by atoms with E-state index in [1.165, 1.54) is 0 Å². The zero-order valence-corrected chi connectivity index (χ0v) is 10.6. The van der Waals surface area contributed by atoms with Gasteiger partial charge in [-0.2, -0.15) is 0 Å². The number of carbonyl (C=O) groups is 1. The predicted molar refractivity (Wildman–Crippen MR) is 64.2 cm³/mol. The molecule has 94 valence electrons. The van der Waals surface area contributed by atoms with Crippen LogP contribution in [0, 0.1) is 0 Å². The van der Waals surface area contributed by atoms with E-state index in [4.69, 9.17) is 0 Å². The van der Waals surface area contributed by atoms with E-state index in [9.17, 15) is 9.90 Å². The lowest BCUT2D eigenvalue weighted by Gasteiger charge is -2.31. The summed E-state index contributed by atoms with van der Waals surface area (Å²) in [5.41, 5.74) is -0.119. The third-order valence-corrected chi connectivity index (χ3v) is 3.29. The Morgan fingerprint density at radius 3 is 2.50 bits per heavy atom. The number of aliphatic hydroxyl groups is 1. The van der Waals surface area contributed by atoms with Crippen molar-refractivity contribution in [2.45, 2.75) is 51.7 Å². The lowest BCUT2D eigenvalue weighted by Crippen LogP contribution is -2.49. The van der Waals surface area contributed by atoms with Crippen LogP contribution >= 0.6 is 0 Å². The zero-order valence-electron chi connectivity index (χ0n) is 10.6. The molecule has 2 N–H and O–H groups in total. The minimum absolute atomic E-state index is 0.0863. The van der Waals surface area contributed by atoms with E-state index in [1.807, 2.05) is 13.8 Å². The van der Waals surface area contributed by atoms with Crippen LogP contribution in [0.15, 0.2) is 0 Å². The molecule has 0 aromatic carbocycles. The second kappa shape index (κ2) is 5.64. The SMILES string of the molecule is CCC(C)(C)NC(=O)CN1CCC(O)CC1. The van der Waals surface area contributed by atoms with Gasteiger partial charge in [0.05, 0.1) is 12.6 Å². The number of hydrogen-bond donors (Lipinski definition) is 2. The Morgan fingerprint density at radius 2 is 2.00 bits per heavy atom. The Balaban J connectivity index is 2.29. The van der Waals surface area contributed by atoms with Crippen LogP contribution in [-0.4, -0.2) is 47.2 Å². The third kappa shape index (κ3) is 4.49. The molecule has 0 radical (unpaired) electrons. The Bertz CT molecular complexity index is 233. The minimum Gasteiger partial charge on any atom is -0.393 e. The van der Waals surface area contributed by atoms with E-state index in [2.05, 4.69) is 17.1 Å². The van der Waals surface area contributed by atoms with Crippen LogP contribution in [0.5, 0.6) is 0 Å². The van der Waals surface area contributed by atoms with Crippen LogP contribution in [0.25, 0.3) is 0 Å². The summed E-state index contributed by atoms with van der Waals surface area (Å²) in [5.74, 6) is 0.0863. The van der Waals surface area contributed by atoms with Gasteiger partial charge >= 0.3 is 0 Å². The van der Waals surface area contributed by atoms with Crippen LogP contribution in [0.4, 0.5) is 0 Å². The highest BCUT2D eigenvalue weighted by Gasteiger charge is 2.22. The normalized spacial score (nSPS) is 19.8. The standard InChI is InChI=1S/C12H24N2O2/c1-4-12(2,3)13-11(16)9-14-7-5-10(15)6-8-14/h10,15H,4-9H2,1-3H3,(H,13,16). The molecular formula is C12H24N2O2. The van der Waals surface area contributed by atoms with E-state index in [0.717, 1.165) is 32.4 Å². The molecule has 16 heavy (non-hydrogen) atoms. The fourth-order valence-electron chi connectivity index (χ4n) is 1.79. The average Bonchev–Trinajstić information content (AvgIpc) is 2.21. The molecule has 0 unspecified atom stereocenters. The Labute approximate surface area is 98.0 Å². The molecule has 0 bridgehead atoms. The maximum atomic E-state index is 11.8. The van der Waals surface area contributed by atoms with Crippen molar-refractivity contribution in [3.05, 3.63) is 0 Å². The summed E-state index contributed by atoms with van der Waals surface area (Å²) in [6.45, 7) is 8.23. The topological polar surface area (TPSA) is 52.6 Å². The summed E-state index contributed by atoms with van der Waals surface area (Å²) < 4.78 is 0. The predicted octanol–water partition coefficient (Wildman–Crippen LogP) is 0.748. The number of piperidine rings is 1. The van der Waals surface area contributed by atoms with Crippen molar-refractivity contribution in [2.24, 2.45) is 0 Å². The van der Waals surface area contributed by atoms with Gasteiger partial charge in [-0.3, -0.25) is 9.69 Å². The van der Waals surface area contributed by atoms with Gasteiger partial charge in [0, 0.05) is 18.6 Å². The summed E-state index contributed by atoms with van der Waals surface area (Å²) >= 11 is 0. The van der Waals surface area contributed by atoms with E-state index < -0.39 is 0 Å². The fraction of sp³-hybridized carbons (Fsp3) is 0.917. The molecule has 0 spiro atoms. The van der Waals surface area contributed by atoms with E-state index >= 15 is 0 Å². The molecule has 0 aromatic heterocycles. The number of nitrogens with one attached hydrogen (secondary N) is 1. The van der Waals surface area contributed by atoms with Gasteiger partial charge in [-0.05, 0) is 33.1 Å². The van der Waals surface area contributed by atoms with Gasteiger partial charge in [0.2, 0.25) is 5.91 Å². The number of rotatable bonds is 4. The monoisotopic (exact) mass is 228 g/mol. The Hall–Kier alpha value is -0.610. The van der Waals surface area contributed by atoms with E-state index in [-0.39, 0.29) is 17.6 Å². The first-order valence-corrected chi connectivity index (χ1v) is 6.14. The van der Waals surface area contributed by atoms with Crippen molar-refractivity contribution >= 4 is 5.91 Å². The lowest BCUT2D eigenvalue weighted by atomic mass is 10.0. The maximum Gasteiger partial charge on any atom is 0.234 e. The van der Waals surface area contributed by atoms with Crippen LogP contribution in [0.2, 0.25) is 0 Å². The second-order valence-electron chi connectivity index (χ2n) is 5.29. The average molecular weight is 228 g/mol. The fourth-order valence-corrected chi connectivity index (χ4v) is 1.79. The molecule has 4 heteroatoms. The number of carbonyl (C=O) groups excluding carboxylic acids is 1. The van der Waals surface area contributed by atoms with E-state index in [0.29, 0.717) is 6.54 Å². The number of hydrogen-bond acceptors (Lipinski definition) is 3. The number of nitrogens with zero attached hydrogens (tertiary/aromatic N) is 1. The third-order valence-electron chi connectivity index (χ3n) is 3.29. The molecule has 0 saturated carbocycles. The highest BCUT2D eigenvalue weighted by atomic mass is 16.3. The number of aliphatic hydroxyl groups excluding tert-OH is 1. The number of likely N-dealkylation sites (tertiary alicyclic amines) is 1. The highest BCUT2D eigenvalue weighted by Crippen LogP contribution is 2.10. The summed E-state index contributed by atoms with van der Waals surface area (Å²) in [6, 6.07) is 0. The molecule has 1 amide bonds. The van der Waals surface area contributed by atoms with Crippen LogP contribution in [0.1, 0.15) is 40.0 Å². The van der Waals surface area contributed by atoms with Crippen LogP contribution in [0.3, 0.4) is 0 Å². The van der Waals surface area contributed by atoms with Crippen molar-refractivity contribution in [1.29, 1.82) is 0 Å². The molecule has 1 aliphatic heterocycles.